The first kappa shape index (κ1) is 17.1. The topological polar surface area (TPSA) is 76.8 Å². The first-order chi connectivity index (χ1) is 11.4. The molecule has 0 radical (unpaired) electrons. The summed E-state index contributed by atoms with van der Waals surface area (Å²) >= 11 is 0. The average Bonchev–Trinajstić information content (AvgIpc) is 3.21. The smallest absolute Gasteiger partial charge is 0.0665 e. The van der Waals surface area contributed by atoms with E-state index >= 15 is 0 Å². The van der Waals surface area contributed by atoms with Gasteiger partial charge in [0.2, 0.25) is 0 Å². The zero-order valence-electron chi connectivity index (χ0n) is 13.8. The summed E-state index contributed by atoms with van der Waals surface area (Å²) in [6, 6.07) is 16.8. The van der Waals surface area contributed by atoms with E-state index in [9.17, 15) is 0 Å². The van der Waals surface area contributed by atoms with E-state index in [2.05, 4.69) is 47.9 Å². The van der Waals surface area contributed by atoms with Crippen molar-refractivity contribution in [2.24, 2.45) is 21.5 Å². The first-order valence-corrected chi connectivity index (χ1v) is 7.83. The SMILES string of the molecule is CN.CN.c1ccc2c(c1)CC(CC1=Nc3ccccc3C1)=N2. The van der Waals surface area contributed by atoms with Crippen molar-refractivity contribution in [3.8, 4) is 0 Å². The van der Waals surface area contributed by atoms with Crippen LogP contribution in [0.3, 0.4) is 0 Å². The van der Waals surface area contributed by atoms with Crippen LogP contribution in [0.25, 0.3) is 0 Å². The molecule has 23 heavy (non-hydrogen) atoms. The Hall–Kier alpha value is -2.30. The second-order valence-electron chi connectivity index (χ2n) is 5.14. The van der Waals surface area contributed by atoms with Gasteiger partial charge in [-0.25, -0.2) is 0 Å². The maximum atomic E-state index is 4.71. The van der Waals surface area contributed by atoms with Gasteiger partial charge in [-0.3, -0.25) is 9.98 Å². The molecule has 0 saturated carbocycles. The standard InChI is InChI=1S/C17H14N2.2CH5N/c1-3-7-16-12(5-1)9-14(18-16)11-15-10-13-6-2-4-8-17(13)19-15;2*1-2/h1-8H,9-11H2;2*2H2,1H3. The highest BCUT2D eigenvalue weighted by Crippen LogP contribution is 2.30. The third-order valence-electron chi connectivity index (χ3n) is 3.74. The quantitative estimate of drug-likeness (QED) is 0.894. The lowest BCUT2D eigenvalue weighted by molar-refractivity contribution is 1.30. The normalized spacial score (nSPS) is 13.6. The number of fused-ring (bicyclic) bond motifs is 2. The van der Waals surface area contributed by atoms with Crippen molar-refractivity contribution in [2.45, 2.75) is 19.3 Å². The summed E-state index contributed by atoms with van der Waals surface area (Å²) < 4.78 is 0. The van der Waals surface area contributed by atoms with Crippen LogP contribution in [-0.4, -0.2) is 25.5 Å². The Balaban J connectivity index is 0.000000448. The number of hydrogen-bond donors (Lipinski definition) is 2. The van der Waals surface area contributed by atoms with Gasteiger partial charge in [-0.15, -0.1) is 0 Å². The minimum absolute atomic E-state index is 0.906. The van der Waals surface area contributed by atoms with Crippen LogP contribution >= 0.6 is 0 Å². The molecule has 0 saturated heterocycles. The highest BCUT2D eigenvalue weighted by molar-refractivity contribution is 6.10. The van der Waals surface area contributed by atoms with E-state index < -0.39 is 0 Å². The Kier molecular flexibility index (Phi) is 6.20. The van der Waals surface area contributed by atoms with E-state index in [1.807, 2.05) is 12.1 Å². The van der Waals surface area contributed by atoms with Crippen LogP contribution in [0.1, 0.15) is 17.5 Å². The lowest BCUT2D eigenvalue weighted by atomic mass is 10.0. The number of nitrogens with two attached hydrogens (primary N) is 2. The highest BCUT2D eigenvalue weighted by Gasteiger charge is 2.19. The van der Waals surface area contributed by atoms with Crippen molar-refractivity contribution < 1.29 is 0 Å². The molecule has 2 aromatic carbocycles. The lowest BCUT2D eigenvalue weighted by Gasteiger charge is -1.99. The van der Waals surface area contributed by atoms with Crippen molar-refractivity contribution >= 4 is 22.8 Å². The van der Waals surface area contributed by atoms with E-state index in [1.165, 1.54) is 36.6 Å². The molecule has 0 spiro atoms. The van der Waals surface area contributed by atoms with E-state index in [0.29, 0.717) is 0 Å². The molecule has 4 rings (SSSR count). The van der Waals surface area contributed by atoms with Crippen LogP contribution in [0, 0.1) is 0 Å². The third kappa shape index (κ3) is 3.92. The molecule has 120 valence electrons. The molecule has 0 aliphatic carbocycles. The second kappa shape index (κ2) is 8.36. The Morgan fingerprint density at radius 3 is 1.48 bits per heavy atom. The molecule has 2 aliphatic heterocycles. The summed E-state index contributed by atoms with van der Waals surface area (Å²) in [6.07, 6.45) is 2.86. The van der Waals surface area contributed by atoms with Gasteiger partial charge in [-0.1, -0.05) is 36.4 Å². The minimum Gasteiger partial charge on any atom is -0.333 e. The molecule has 4 nitrogen and oxygen atoms in total. The minimum atomic E-state index is 0.906. The molecule has 0 bridgehead atoms. The number of benzene rings is 2. The van der Waals surface area contributed by atoms with Gasteiger partial charge in [0.15, 0.2) is 0 Å². The van der Waals surface area contributed by atoms with Gasteiger partial charge in [0.1, 0.15) is 0 Å². The average molecular weight is 308 g/mol. The van der Waals surface area contributed by atoms with Crippen molar-refractivity contribution in [1.29, 1.82) is 0 Å². The summed E-state index contributed by atoms with van der Waals surface area (Å²) in [5, 5.41) is 0. The van der Waals surface area contributed by atoms with Gasteiger partial charge in [0.05, 0.1) is 11.4 Å². The molecule has 0 unspecified atom stereocenters. The van der Waals surface area contributed by atoms with Crippen molar-refractivity contribution in [3.63, 3.8) is 0 Å². The van der Waals surface area contributed by atoms with Gasteiger partial charge in [-0.05, 0) is 37.4 Å². The Labute approximate surface area is 138 Å². The fraction of sp³-hybridized carbons (Fsp3) is 0.263. The Morgan fingerprint density at radius 2 is 1.09 bits per heavy atom. The largest absolute Gasteiger partial charge is 0.333 e. The molecule has 4 N–H and O–H groups in total. The predicted octanol–water partition coefficient (Wildman–Crippen LogP) is 3.18. The number of aliphatic imine (C=N–C) groups is 2. The molecule has 4 heteroatoms. The van der Waals surface area contributed by atoms with Crippen LogP contribution in [-0.2, 0) is 12.8 Å². The summed E-state index contributed by atoms with van der Waals surface area (Å²) in [5.41, 5.74) is 16.4. The van der Waals surface area contributed by atoms with Crippen molar-refractivity contribution in [3.05, 3.63) is 59.7 Å². The molecule has 2 aliphatic rings. The highest BCUT2D eigenvalue weighted by atomic mass is 14.8. The molecular weight excluding hydrogens is 284 g/mol. The predicted molar refractivity (Wildman–Crippen MR) is 99.3 cm³/mol. The van der Waals surface area contributed by atoms with Crippen LogP contribution in [0.4, 0.5) is 11.4 Å². The fourth-order valence-corrected chi connectivity index (χ4v) is 2.84. The number of hydrogen-bond acceptors (Lipinski definition) is 4. The number of rotatable bonds is 2. The van der Waals surface area contributed by atoms with E-state index in [0.717, 1.165) is 30.6 Å². The maximum absolute atomic E-state index is 4.71. The summed E-state index contributed by atoms with van der Waals surface area (Å²) in [7, 11) is 3.00. The lowest BCUT2D eigenvalue weighted by Crippen LogP contribution is -2.07. The first-order valence-electron chi connectivity index (χ1n) is 7.83. The molecule has 2 heterocycles. The monoisotopic (exact) mass is 308 g/mol. The Bertz CT molecular complexity index is 655. The van der Waals surface area contributed by atoms with Crippen molar-refractivity contribution in [1.82, 2.24) is 0 Å². The summed E-state index contributed by atoms with van der Waals surface area (Å²) in [4.78, 5) is 9.43. The summed E-state index contributed by atoms with van der Waals surface area (Å²) in [6.45, 7) is 0. The van der Waals surface area contributed by atoms with Gasteiger partial charge in [0.25, 0.3) is 0 Å². The zero-order chi connectivity index (χ0) is 16.7. The molecule has 0 amide bonds. The van der Waals surface area contributed by atoms with Gasteiger partial charge in [0, 0.05) is 30.7 Å². The number of para-hydroxylation sites is 2. The molecule has 0 atom stereocenters. The number of nitrogens with zero attached hydrogens (tertiary/aromatic N) is 2. The van der Waals surface area contributed by atoms with E-state index in [4.69, 9.17) is 9.98 Å². The van der Waals surface area contributed by atoms with Crippen LogP contribution in [0.5, 0.6) is 0 Å². The van der Waals surface area contributed by atoms with Gasteiger partial charge >= 0.3 is 0 Å². The fourth-order valence-electron chi connectivity index (χ4n) is 2.84. The van der Waals surface area contributed by atoms with E-state index in [-0.39, 0.29) is 0 Å². The summed E-state index contributed by atoms with van der Waals surface area (Å²) in [5.74, 6) is 0. The zero-order valence-corrected chi connectivity index (χ0v) is 13.8. The van der Waals surface area contributed by atoms with Gasteiger partial charge < -0.3 is 11.5 Å². The second-order valence-corrected chi connectivity index (χ2v) is 5.14. The molecule has 2 aromatic rings. The van der Waals surface area contributed by atoms with Crippen LogP contribution in [0.2, 0.25) is 0 Å². The maximum Gasteiger partial charge on any atom is 0.0665 e. The molecule has 0 aromatic heterocycles. The third-order valence-corrected chi connectivity index (χ3v) is 3.74. The van der Waals surface area contributed by atoms with Gasteiger partial charge in [-0.2, -0.15) is 0 Å². The molecule has 0 fully saturated rings. The van der Waals surface area contributed by atoms with Crippen LogP contribution < -0.4 is 11.5 Å². The molecular formula is C19H24N4. The van der Waals surface area contributed by atoms with E-state index in [1.54, 1.807) is 0 Å². The van der Waals surface area contributed by atoms with Crippen molar-refractivity contribution in [2.75, 3.05) is 14.1 Å². The van der Waals surface area contributed by atoms with Crippen LogP contribution in [0.15, 0.2) is 58.5 Å². The Morgan fingerprint density at radius 1 is 0.696 bits per heavy atom.